The van der Waals surface area contributed by atoms with Gasteiger partial charge in [0.05, 0.1) is 13.2 Å². The fraction of sp³-hybridized carbons (Fsp3) is 0.750. The van der Waals surface area contributed by atoms with Crippen LogP contribution in [0.3, 0.4) is 0 Å². The van der Waals surface area contributed by atoms with Crippen molar-refractivity contribution < 1.29 is 19.4 Å². The van der Waals surface area contributed by atoms with Gasteiger partial charge in [0, 0.05) is 18.8 Å². The lowest BCUT2D eigenvalue weighted by atomic mass is 9.84. The highest BCUT2D eigenvalue weighted by atomic mass is 16.7. The predicted molar refractivity (Wildman–Crippen MR) is 55.7 cm³/mol. The third-order valence-electron chi connectivity index (χ3n) is 3.82. The summed E-state index contributed by atoms with van der Waals surface area (Å²) in [6.45, 7) is 1.06. The molecule has 1 aliphatic carbocycles. The van der Waals surface area contributed by atoms with Crippen LogP contribution in [0.2, 0.25) is 0 Å². The van der Waals surface area contributed by atoms with E-state index < -0.39 is 11.9 Å². The monoisotopic (exact) mass is 224 g/mol. The summed E-state index contributed by atoms with van der Waals surface area (Å²) in [5, 5.41) is 10.3. The van der Waals surface area contributed by atoms with Crippen LogP contribution in [-0.4, -0.2) is 36.0 Å². The topological polar surface area (TPSA) is 55.8 Å². The lowest BCUT2D eigenvalue weighted by Gasteiger charge is -2.46. The van der Waals surface area contributed by atoms with Crippen molar-refractivity contribution in [3.05, 3.63) is 11.6 Å². The molecule has 4 heteroatoms. The molecule has 0 aromatic rings. The Balaban J connectivity index is 1.85. The summed E-state index contributed by atoms with van der Waals surface area (Å²) in [6.07, 6.45) is 4.08. The van der Waals surface area contributed by atoms with Gasteiger partial charge in [-0.05, 0) is 24.5 Å². The minimum Gasteiger partial charge on any atom is -0.387 e. The second kappa shape index (κ2) is 3.65. The Kier molecular flexibility index (Phi) is 2.38. The molecular weight excluding hydrogens is 208 g/mol. The summed E-state index contributed by atoms with van der Waals surface area (Å²) in [6, 6.07) is 0. The van der Waals surface area contributed by atoms with Crippen LogP contribution in [0.1, 0.15) is 25.7 Å². The molecule has 0 aromatic heterocycles. The van der Waals surface area contributed by atoms with Gasteiger partial charge in [-0.2, -0.15) is 0 Å². The van der Waals surface area contributed by atoms with Gasteiger partial charge in [0.2, 0.25) is 0 Å². The van der Waals surface area contributed by atoms with E-state index in [1.807, 2.05) is 0 Å². The Bertz CT molecular complexity index is 341. The number of ether oxygens (including phenoxy) is 2. The number of allylic oxidation sites excluding steroid dienone is 1. The van der Waals surface area contributed by atoms with Crippen LogP contribution in [0.4, 0.5) is 0 Å². The van der Waals surface area contributed by atoms with Crippen LogP contribution in [0.25, 0.3) is 0 Å². The van der Waals surface area contributed by atoms with Gasteiger partial charge < -0.3 is 14.6 Å². The Morgan fingerprint density at radius 1 is 1.38 bits per heavy atom. The highest BCUT2D eigenvalue weighted by molar-refractivity contribution is 5.93. The van der Waals surface area contributed by atoms with Gasteiger partial charge in [0.15, 0.2) is 11.6 Å². The zero-order valence-electron chi connectivity index (χ0n) is 9.15. The Labute approximate surface area is 94.2 Å². The van der Waals surface area contributed by atoms with Crippen LogP contribution in [0.5, 0.6) is 0 Å². The minimum absolute atomic E-state index is 0.0839. The number of aliphatic hydroxyl groups excluding tert-OH is 1. The fourth-order valence-electron chi connectivity index (χ4n) is 2.92. The van der Waals surface area contributed by atoms with Gasteiger partial charge in [-0.3, -0.25) is 4.79 Å². The number of aliphatic hydroxyl groups is 1. The molecule has 4 nitrogen and oxygen atoms in total. The molecular formula is C12H16O4. The van der Waals surface area contributed by atoms with E-state index in [0.717, 1.165) is 24.8 Å². The van der Waals surface area contributed by atoms with Crippen molar-refractivity contribution in [1.29, 1.82) is 0 Å². The molecule has 3 atom stereocenters. The first kappa shape index (κ1) is 10.4. The summed E-state index contributed by atoms with van der Waals surface area (Å²) < 4.78 is 11.3. The van der Waals surface area contributed by atoms with Gasteiger partial charge in [0.25, 0.3) is 0 Å². The van der Waals surface area contributed by atoms with Crippen molar-refractivity contribution in [2.45, 2.75) is 37.6 Å². The molecule has 0 aromatic carbocycles. The Morgan fingerprint density at radius 2 is 2.25 bits per heavy atom. The van der Waals surface area contributed by atoms with E-state index in [0.29, 0.717) is 19.6 Å². The molecule has 1 spiro atoms. The van der Waals surface area contributed by atoms with E-state index in [1.165, 1.54) is 0 Å². The first-order valence-corrected chi connectivity index (χ1v) is 5.90. The summed E-state index contributed by atoms with van der Waals surface area (Å²) >= 11 is 0. The van der Waals surface area contributed by atoms with E-state index in [1.54, 1.807) is 6.08 Å². The minimum atomic E-state index is -0.842. The van der Waals surface area contributed by atoms with Gasteiger partial charge in [0.1, 0.15) is 6.10 Å². The number of rotatable bonds is 0. The molecule has 2 fully saturated rings. The Morgan fingerprint density at radius 3 is 3.00 bits per heavy atom. The number of hydrogen-bond donors (Lipinski definition) is 1. The quantitative estimate of drug-likeness (QED) is 0.661. The standard InChI is InChI=1S/C12H16O4/c13-9-5-8-7-16-12(3-1-2-4-15-12)11(14)10(8)6-9/h5,10-11,14H,1-4,6-7H2/t10-,11+,12-/m0/s1. The number of carbonyl (C=O) groups excluding carboxylic acids is 1. The van der Waals surface area contributed by atoms with E-state index in [2.05, 4.69) is 0 Å². The van der Waals surface area contributed by atoms with Gasteiger partial charge >= 0.3 is 0 Å². The second-order valence-electron chi connectivity index (χ2n) is 4.85. The summed E-state index contributed by atoms with van der Waals surface area (Å²) in [5.74, 6) is -0.833. The highest BCUT2D eigenvalue weighted by Gasteiger charge is 2.51. The van der Waals surface area contributed by atoms with Gasteiger partial charge in [-0.1, -0.05) is 0 Å². The third-order valence-corrected chi connectivity index (χ3v) is 3.82. The molecule has 2 saturated heterocycles. The summed E-state index contributed by atoms with van der Waals surface area (Å²) in [7, 11) is 0. The van der Waals surface area contributed by atoms with Crippen LogP contribution >= 0.6 is 0 Å². The van der Waals surface area contributed by atoms with Crippen molar-refractivity contribution in [3.63, 3.8) is 0 Å². The zero-order chi connectivity index (χ0) is 11.2. The first-order valence-electron chi connectivity index (χ1n) is 5.90. The Hall–Kier alpha value is -0.710. The lowest BCUT2D eigenvalue weighted by Crippen LogP contribution is -2.56. The SMILES string of the molecule is O=C1C=C2CO[C@@]3(CCCCO3)[C@H](O)[C@H]2C1. The fourth-order valence-corrected chi connectivity index (χ4v) is 2.92. The first-order chi connectivity index (χ1) is 7.71. The molecule has 88 valence electrons. The molecule has 1 N–H and O–H groups in total. The highest BCUT2D eigenvalue weighted by Crippen LogP contribution is 2.42. The van der Waals surface area contributed by atoms with Gasteiger partial charge in [-0.25, -0.2) is 0 Å². The van der Waals surface area contributed by atoms with Crippen LogP contribution in [0, 0.1) is 5.92 Å². The number of fused-ring (bicyclic) bond motifs is 1. The molecule has 0 radical (unpaired) electrons. The van der Waals surface area contributed by atoms with E-state index >= 15 is 0 Å². The lowest BCUT2D eigenvalue weighted by molar-refractivity contribution is -0.314. The average Bonchev–Trinajstić information content (AvgIpc) is 2.67. The molecule has 3 aliphatic rings. The number of carbonyl (C=O) groups is 1. The van der Waals surface area contributed by atoms with Crippen molar-refractivity contribution in [3.8, 4) is 0 Å². The molecule has 3 rings (SSSR count). The smallest absolute Gasteiger partial charge is 0.195 e. The zero-order valence-corrected chi connectivity index (χ0v) is 9.15. The second-order valence-corrected chi connectivity index (χ2v) is 4.85. The number of hydrogen-bond acceptors (Lipinski definition) is 4. The maximum atomic E-state index is 11.3. The van der Waals surface area contributed by atoms with Crippen molar-refractivity contribution >= 4 is 5.78 Å². The maximum Gasteiger partial charge on any atom is 0.195 e. The maximum absolute atomic E-state index is 11.3. The van der Waals surface area contributed by atoms with Crippen LogP contribution in [0.15, 0.2) is 11.6 Å². The average molecular weight is 224 g/mol. The van der Waals surface area contributed by atoms with E-state index in [4.69, 9.17) is 9.47 Å². The van der Waals surface area contributed by atoms with Crippen molar-refractivity contribution in [2.24, 2.45) is 5.92 Å². The summed E-state index contributed by atoms with van der Waals surface area (Å²) in [5.41, 5.74) is 0.928. The largest absolute Gasteiger partial charge is 0.387 e. The molecule has 2 aliphatic heterocycles. The normalized spacial score (nSPS) is 43.3. The van der Waals surface area contributed by atoms with Crippen LogP contribution in [-0.2, 0) is 14.3 Å². The summed E-state index contributed by atoms with van der Waals surface area (Å²) in [4.78, 5) is 11.3. The van der Waals surface area contributed by atoms with Crippen molar-refractivity contribution in [2.75, 3.05) is 13.2 Å². The molecule has 0 unspecified atom stereocenters. The van der Waals surface area contributed by atoms with Crippen LogP contribution < -0.4 is 0 Å². The van der Waals surface area contributed by atoms with Crippen molar-refractivity contribution in [1.82, 2.24) is 0 Å². The number of ketones is 1. The molecule has 0 amide bonds. The van der Waals surface area contributed by atoms with Gasteiger partial charge in [-0.15, -0.1) is 0 Å². The predicted octanol–water partition coefficient (Wildman–Crippen LogP) is 0.790. The molecule has 2 heterocycles. The molecule has 0 saturated carbocycles. The third kappa shape index (κ3) is 1.44. The molecule has 0 bridgehead atoms. The van der Waals surface area contributed by atoms with E-state index in [9.17, 15) is 9.90 Å². The molecule has 16 heavy (non-hydrogen) atoms. The van der Waals surface area contributed by atoms with E-state index in [-0.39, 0.29) is 11.7 Å².